The molecule has 2 heterocycles. The Morgan fingerprint density at radius 1 is 1.35 bits per heavy atom. The summed E-state index contributed by atoms with van der Waals surface area (Å²) in [6.45, 7) is 6.22. The van der Waals surface area contributed by atoms with Crippen molar-refractivity contribution in [3.8, 4) is 0 Å². The maximum Gasteiger partial charge on any atom is 0.169 e. The Morgan fingerprint density at radius 2 is 2.18 bits per heavy atom. The summed E-state index contributed by atoms with van der Waals surface area (Å²) in [6.07, 6.45) is 3.90. The van der Waals surface area contributed by atoms with Gasteiger partial charge in [0.1, 0.15) is 0 Å². The number of hydrogen-bond donors (Lipinski definition) is 1. The molecule has 0 spiro atoms. The van der Waals surface area contributed by atoms with E-state index in [1.54, 1.807) is 7.11 Å². The van der Waals surface area contributed by atoms with Crippen molar-refractivity contribution in [1.82, 2.24) is 15.1 Å². The number of fused-ring (bicyclic) bond motifs is 1. The number of rotatable bonds is 3. The van der Waals surface area contributed by atoms with E-state index >= 15 is 0 Å². The first-order valence-corrected chi connectivity index (χ1v) is 6.98. The van der Waals surface area contributed by atoms with Gasteiger partial charge in [0.2, 0.25) is 0 Å². The third-order valence-electron chi connectivity index (χ3n) is 3.67. The van der Waals surface area contributed by atoms with E-state index in [9.17, 15) is 0 Å². The van der Waals surface area contributed by atoms with E-state index < -0.39 is 0 Å². The Bertz CT molecular complexity index is 262. The Kier molecular flexibility index (Phi) is 5.00. The molecule has 1 N–H and O–H groups in total. The van der Waals surface area contributed by atoms with Crippen molar-refractivity contribution >= 4 is 17.3 Å². The molecule has 98 valence electrons. The minimum Gasteiger partial charge on any atom is -0.383 e. The van der Waals surface area contributed by atoms with E-state index in [0.29, 0.717) is 6.61 Å². The molecule has 0 aromatic heterocycles. The standard InChI is InChI=1S/C12H23N3OS/c1-16-9-5-13-12(17)15-8-3-7-14-6-2-4-11(14)10-15/h11H,2-10H2,1H3,(H,13,17). The normalized spacial score (nSPS) is 25.5. The fourth-order valence-electron chi connectivity index (χ4n) is 2.76. The van der Waals surface area contributed by atoms with E-state index in [4.69, 9.17) is 17.0 Å². The van der Waals surface area contributed by atoms with Crippen molar-refractivity contribution in [3.63, 3.8) is 0 Å². The number of nitrogens with zero attached hydrogens (tertiary/aromatic N) is 2. The Labute approximate surface area is 109 Å². The first-order chi connectivity index (χ1) is 8.31. The van der Waals surface area contributed by atoms with Crippen LogP contribution in [0.15, 0.2) is 0 Å². The minimum absolute atomic E-state index is 0.712. The Hall–Kier alpha value is -0.390. The van der Waals surface area contributed by atoms with Crippen LogP contribution in [0.4, 0.5) is 0 Å². The first kappa shape index (κ1) is 13.1. The molecule has 2 fully saturated rings. The molecule has 5 heteroatoms. The van der Waals surface area contributed by atoms with Crippen molar-refractivity contribution in [3.05, 3.63) is 0 Å². The average molecular weight is 257 g/mol. The van der Waals surface area contributed by atoms with E-state index in [-0.39, 0.29) is 0 Å². The summed E-state index contributed by atoms with van der Waals surface area (Å²) in [4.78, 5) is 4.96. The fourth-order valence-corrected chi connectivity index (χ4v) is 3.03. The largest absolute Gasteiger partial charge is 0.383 e. The highest BCUT2D eigenvalue weighted by atomic mass is 32.1. The second-order valence-electron chi connectivity index (χ2n) is 4.86. The van der Waals surface area contributed by atoms with Gasteiger partial charge in [-0.25, -0.2) is 0 Å². The monoisotopic (exact) mass is 257 g/mol. The molecule has 0 bridgehead atoms. The second-order valence-corrected chi connectivity index (χ2v) is 5.24. The van der Waals surface area contributed by atoms with Crippen LogP contribution in [0.3, 0.4) is 0 Å². The summed E-state index contributed by atoms with van der Waals surface area (Å²) in [5, 5.41) is 4.17. The lowest BCUT2D eigenvalue weighted by Gasteiger charge is -2.27. The Balaban J connectivity index is 1.81. The van der Waals surface area contributed by atoms with Gasteiger partial charge in [-0.1, -0.05) is 0 Å². The van der Waals surface area contributed by atoms with Crippen LogP contribution in [0.25, 0.3) is 0 Å². The summed E-state index contributed by atoms with van der Waals surface area (Å²) in [6, 6.07) is 0.722. The minimum atomic E-state index is 0.712. The molecule has 0 saturated carbocycles. The van der Waals surface area contributed by atoms with Crippen molar-refractivity contribution in [2.75, 3.05) is 46.4 Å². The van der Waals surface area contributed by atoms with Crippen LogP contribution in [0, 0.1) is 0 Å². The van der Waals surface area contributed by atoms with Crippen LogP contribution < -0.4 is 5.32 Å². The maximum absolute atomic E-state index is 5.45. The van der Waals surface area contributed by atoms with Gasteiger partial charge in [0.25, 0.3) is 0 Å². The molecule has 0 aromatic rings. The SMILES string of the molecule is COCCNC(=S)N1CCCN2CCCC2C1. The molecule has 0 aliphatic carbocycles. The van der Waals surface area contributed by atoms with Gasteiger partial charge >= 0.3 is 0 Å². The van der Waals surface area contributed by atoms with Crippen LogP contribution >= 0.6 is 12.2 Å². The van der Waals surface area contributed by atoms with Crippen molar-refractivity contribution < 1.29 is 4.74 Å². The van der Waals surface area contributed by atoms with Crippen molar-refractivity contribution in [2.45, 2.75) is 25.3 Å². The van der Waals surface area contributed by atoms with Gasteiger partial charge in [-0.05, 0) is 38.0 Å². The molecule has 4 nitrogen and oxygen atoms in total. The molecule has 0 aromatic carbocycles. The molecule has 0 radical (unpaired) electrons. The van der Waals surface area contributed by atoms with Gasteiger partial charge in [-0.2, -0.15) is 0 Å². The quantitative estimate of drug-likeness (QED) is 0.593. The van der Waals surface area contributed by atoms with Crippen LogP contribution in [-0.2, 0) is 4.74 Å². The highest BCUT2D eigenvalue weighted by Gasteiger charge is 2.29. The van der Waals surface area contributed by atoms with Crippen LogP contribution in [0.2, 0.25) is 0 Å². The summed E-state index contributed by atoms with van der Waals surface area (Å²) < 4.78 is 5.02. The number of thiocarbonyl (C=S) groups is 1. The Morgan fingerprint density at radius 3 is 3.00 bits per heavy atom. The molecule has 1 atom stereocenters. The molecule has 1 unspecified atom stereocenters. The highest BCUT2D eigenvalue weighted by molar-refractivity contribution is 7.80. The van der Waals surface area contributed by atoms with Gasteiger partial charge < -0.3 is 15.0 Å². The lowest BCUT2D eigenvalue weighted by atomic mass is 10.2. The lowest BCUT2D eigenvalue weighted by Crippen LogP contribution is -2.45. The van der Waals surface area contributed by atoms with E-state index in [1.165, 1.54) is 32.4 Å². The summed E-state index contributed by atoms with van der Waals surface area (Å²) in [5.74, 6) is 0. The molecular weight excluding hydrogens is 234 g/mol. The summed E-state index contributed by atoms with van der Waals surface area (Å²) in [5.41, 5.74) is 0. The first-order valence-electron chi connectivity index (χ1n) is 6.57. The number of ether oxygens (including phenoxy) is 1. The second kappa shape index (κ2) is 6.52. The zero-order chi connectivity index (χ0) is 12.1. The van der Waals surface area contributed by atoms with E-state index in [0.717, 1.165) is 30.8 Å². The molecule has 2 saturated heterocycles. The predicted octanol–water partition coefficient (Wildman–Crippen LogP) is 0.677. The van der Waals surface area contributed by atoms with Crippen molar-refractivity contribution in [2.24, 2.45) is 0 Å². The lowest BCUT2D eigenvalue weighted by molar-refractivity contribution is 0.202. The molecule has 2 aliphatic heterocycles. The van der Waals surface area contributed by atoms with Gasteiger partial charge in [-0.15, -0.1) is 0 Å². The third kappa shape index (κ3) is 3.53. The molecule has 2 aliphatic rings. The van der Waals surface area contributed by atoms with Crippen LogP contribution in [-0.4, -0.2) is 67.4 Å². The van der Waals surface area contributed by atoms with E-state index in [2.05, 4.69) is 15.1 Å². The van der Waals surface area contributed by atoms with E-state index in [1.807, 2.05) is 0 Å². The predicted molar refractivity (Wildman–Crippen MR) is 73.3 cm³/mol. The average Bonchev–Trinajstić information content (AvgIpc) is 2.66. The van der Waals surface area contributed by atoms with Gasteiger partial charge in [0.05, 0.1) is 6.61 Å². The van der Waals surface area contributed by atoms with Gasteiger partial charge in [0, 0.05) is 39.3 Å². The molecule has 0 amide bonds. The number of hydrogen-bond acceptors (Lipinski definition) is 3. The van der Waals surface area contributed by atoms with Gasteiger partial charge in [-0.3, -0.25) is 4.90 Å². The summed E-state index contributed by atoms with van der Waals surface area (Å²) >= 11 is 5.45. The number of methoxy groups -OCH3 is 1. The van der Waals surface area contributed by atoms with Crippen LogP contribution in [0.1, 0.15) is 19.3 Å². The maximum atomic E-state index is 5.45. The molecular formula is C12H23N3OS. The summed E-state index contributed by atoms with van der Waals surface area (Å²) in [7, 11) is 1.72. The third-order valence-corrected chi connectivity index (χ3v) is 4.08. The highest BCUT2D eigenvalue weighted by Crippen LogP contribution is 2.21. The zero-order valence-corrected chi connectivity index (χ0v) is 11.5. The fraction of sp³-hybridized carbons (Fsp3) is 0.917. The van der Waals surface area contributed by atoms with Crippen LogP contribution in [0.5, 0.6) is 0 Å². The van der Waals surface area contributed by atoms with Gasteiger partial charge in [0.15, 0.2) is 5.11 Å². The van der Waals surface area contributed by atoms with Crippen molar-refractivity contribution in [1.29, 1.82) is 0 Å². The number of nitrogens with one attached hydrogen (secondary N) is 1. The zero-order valence-electron chi connectivity index (χ0n) is 10.7. The topological polar surface area (TPSA) is 27.7 Å². The molecule has 17 heavy (non-hydrogen) atoms. The smallest absolute Gasteiger partial charge is 0.169 e. The molecule has 2 rings (SSSR count).